The number of likely N-dealkylation sites (N-methyl/N-ethyl adjacent to an activating group) is 1. The van der Waals surface area contributed by atoms with Gasteiger partial charge >= 0.3 is 0 Å². The molecule has 0 saturated carbocycles. The van der Waals surface area contributed by atoms with Crippen molar-refractivity contribution in [2.45, 2.75) is 26.2 Å². The molecule has 0 saturated heterocycles. The summed E-state index contributed by atoms with van der Waals surface area (Å²) in [7, 11) is 0. The Morgan fingerprint density at radius 3 is 2.40 bits per heavy atom. The molecule has 0 aromatic heterocycles. The number of aryl methyl sites for hydroxylation is 1. The van der Waals surface area contributed by atoms with Crippen LogP contribution in [0.2, 0.25) is 0 Å². The van der Waals surface area contributed by atoms with Gasteiger partial charge in [-0.1, -0.05) is 70.9 Å². The molecule has 106 valence electrons. The van der Waals surface area contributed by atoms with Gasteiger partial charge in [0, 0.05) is 16.9 Å². The van der Waals surface area contributed by atoms with E-state index in [1.807, 2.05) is 0 Å². The van der Waals surface area contributed by atoms with Crippen LogP contribution in [-0.4, -0.2) is 13.1 Å². The molecular formula is C18H22BrN. The van der Waals surface area contributed by atoms with Crippen LogP contribution in [0, 0.1) is 6.92 Å². The van der Waals surface area contributed by atoms with Crippen molar-refractivity contribution in [2.24, 2.45) is 0 Å². The van der Waals surface area contributed by atoms with Gasteiger partial charge in [0.05, 0.1) is 0 Å². The molecule has 2 aromatic carbocycles. The SMILES string of the molecule is CCNCC(Cc1ccccc1Br)c1ccc(C)cc1. The Bertz CT molecular complexity index is 533. The van der Waals surface area contributed by atoms with Crippen LogP contribution >= 0.6 is 15.9 Å². The van der Waals surface area contributed by atoms with Gasteiger partial charge in [-0.2, -0.15) is 0 Å². The van der Waals surface area contributed by atoms with Gasteiger partial charge in [-0.15, -0.1) is 0 Å². The van der Waals surface area contributed by atoms with E-state index in [9.17, 15) is 0 Å². The molecular weight excluding hydrogens is 310 g/mol. The smallest absolute Gasteiger partial charge is 0.0207 e. The topological polar surface area (TPSA) is 12.0 Å². The lowest BCUT2D eigenvalue weighted by atomic mass is 9.91. The summed E-state index contributed by atoms with van der Waals surface area (Å²) in [5.41, 5.74) is 4.10. The summed E-state index contributed by atoms with van der Waals surface area (Å²) in [5, 5.41) is 3.49. The van der Waals surface area contributed by atoms with E-state index in [-0.39, 0.29) is 0 Å². The van der Waals surface area contributed by atoms with Crippen LogP contribution in [0.4, 0.5) is 0 Å². The highest BCUT2D eigenvalue weighted by Crippen LogP contribution is 2.25. The molecule has 2 rings (SSSR count). The van der Waals surface area contributed by atoms with Crippen molar-refractivity contribution < 1.29 is 0 Å². The van der Waals surface area contributed by atoms with Crippen molar-refractivity contribution in [2.75, 3.05) is 13.1 Å². The second-order valence-electron chi connectivity index (χ2n) is 5.21. The van der Waals surface area contributed by atoms with Gasteiger partial charge < -0.3 is 5.32 Å². The van der Waals surface area contributed by atoms with E-state index in [0.717, 1.165) is 19.5 Å². The maximum atomic E-state index is 3.66. The molecule has 0 spiro atoms. The fourth-order valence-corrected chi connectivity index (χ4v) is 2.84. The number of benzene rings is 2. The molecule has 2 heteroatoms. The van der Waals surface area contributed by atoms with Crippen LogP contribution in [-0.2, 0) is 6.42 Å². The molecule has 0 fully saturated rings. The van der Waals surface area contributed by atoms with Crippen molar-refractivity contribution in [1.29, 1.82) is 0 Å². The maximum Gasteiger partial charge on any atom is 0.0207 e. The fraction of sp³-hybridized carbons (Fsp3) is 0.333. The third kappa shape index (κ3) is 4.19. The lowest BCUT2D eigenvalue weighted by molar-refractivity contribution is 0.594. The fourth-order valence-electron chi connectivity index (χ4n) is 2.39. The highest BCUT2D eigenvalue weighted by atomic mass is 79.9. The van der Waals surface area contributed by atoms with E-state index in [0.29, 0.717) is 5.92 Å². The lowest BCUT2D eigenvalue weighted by Crippen LogP contribution is -2.22. The van der Waals surface area contributed by atoms with Gasteiger partial charge in [-0.3, -0.25) is 0 Å². The third-order valence-electron chi connectivity index (χ3n) is 3.61. The minimum absolute atomic E-state index is 0.509. The summed E-state index contributed by atoms with van der Waals surface area (Å²) >= 11 is 3.66. The molecule has 1 unspecified atom stereocenters. The Morgan fingerprint density at radius 1 is 1.05 bits per heavy atom. The first kappa shape index (κ1) is 15.3. The summed E-state index contributed by atoms with van der Waals surface area (Å²) < 4.78 is 1.20. The van der Waals surface area contributed by atoms with E-state index in [1.54, 1.807) is 0 Å². The molecule has 0 aliphatic carbocycles. The number of hydrogen-bond donors (Lipinski definition) is 1. The predicted octanol–water partition coefficient (Wildman–Crippen LogP) is 4.69. The average Bonchev–Trinajstić information content (AvgIpc) is 2.46. The summed E-state index contributed by atoms with van der Waals surface area (Å²) in [6.07, 6.45) is 1.05. The summed E-state index contributed by atoms with van der Waals surface area (Å²) in [6.45, 7) is 6.32. The van der Waals surface area contributed by atoms with Crippen LogP contribution in [0.1, 0.15) is 29.5 Å². The normalized spacial score (nSPS) is 12.3. The zero-order valence-electron chi connectivity index (χ0n) is 12.2. The van der Waals surface area contributed by atoms with Crippen molar-refractivity contribution in [3.8, 4) is 0 Å². The predicted molar refractivity (Wildman–Crippen MR) is 90.3 cm³/mol. The van der Waals surface area contributed by atoms with Gasteiger partial charge in [-0.05, 0) is 37.1 Å². The van der Waals surface area contributed by atoms with Gasteiger partial charge in [0.15, 0.2) is 0 Å². The van der Waals surface area contributed by atoms with Crippen LogP contribution < -0.4 is 5.32 Å². The highest BCUT2D eigenvalue weighted by Gasteiger charge is 2.13. The molecule has 0 bridgehead atoms. The standard InChI is InChI=1S/C18H22BrN/c1-3-20-13-17(15-10-8-14(2)9-11-15)12-16-6-4-5-7-18(16)19/h4-11,17,20H,3,12-13H2,1-2H3. The molecule has 20 heavy (non-hydrogen) atoms. The molecule has 0 heterocycles. The Labute approximate surface area is 130 Å². The maximum absolute atomic E-state index is 3.66. The Morgan fingerprint density at radius 2 is 1.75 bits per heavy atom. The van der Waals surface area contributed by atoms with E-state index < -0.39 is 0 Å². The highest BCUT2D eigenvalue weighted by molar-refractivity contribution is 9.10. The van der Waals surface area contributed by atoms with E-state index in [1.165, 1.54) is 21.2 Å². The summed E-state index contributed by atoms with van der Waals surface area (Å²) in [4.78, 5) is 0. The van der Waals surface area contributed by atoms with E-state index in [2.05, 4.69) is 83.6 Å². The number of nitrogens with one attached hydrogen (secondary N) is 1. The Hall–Kier alpha value is -1.12. The molecule has 1 N–H and O–H groups in total. The van der Waals surface area contributed by atoms with Gasteiger partial charge in [-0.25, -0.2) is 0 Å². The zero-order chi connectivity index (χ0) is 14.4. The monoisotopic (exact) mass is 331 g/mol. The third-order valence-corrected chi connectivity index (χ3v) is 4.39. The molecule has 0 aliphatic heterocycles. The number of halogens is 1. The first-order chi connectivity index (χ1) is 9.70. The lowest BCUT2D eigenvalue weighted by Gasteiger charge is -2.19. The van der Waals surface area contributed by atoms with Crippen LogP contribution in [0.15, 0.2) is 53.0 Å². The van der Waals surface area contributed by atoms with Gasteiger partial charge in [0.25, 0.3) is 0 Å². The first-order valence-corrected chi connectivity index (χ1v) is 8.00. The van der Waals surface area contributed by atoms with E-state index in [4.69, 9.17) is 0 Å². The van der Waals surface area contributed by atoms with Crippen LogP contribution in [0.25, 0.3) is 0 Å². The minimum Gasteiger partial charge on any atom is -0.316 e. The Kier molecular flexibility index (Phi) is 5.81. The quantitative estimate of drug-likeness (QED) is 0.809. The number of rotatable bonds is 6. The molecule has 2 aromatic rings. The van der Waals surface area contributed by atoms with Crippen molar-refractivity contribution >= 4 is 15.9 Å². The molecule has 1 nitrogen and oxygen atoms in total. The minimum atomic E-state index is 0.509. The summed E-state index contributed by atoms with van der Waals surface area (Å²) in [5.74, 6) is 0.509. The van der Waals surface area contributed by atoms with Crippen LogP contribution in [0.5, 0.6) is 0 Å². The van der Waals surface area contributed by atoms with Gasteiger partial charge in [0.2, 0.25) is 0 Å². The van der Waals surface area contributed by atoms with Crippen molar-refractivity contribution in [3.05, 3.63) is 69.7 Å². The van der Waals surface area contributed by atoms with Crippen LogP contribution in [0.3, 0.4) is 0 Å². The first-order valence-electron chi connectivity index (χ1n) is 7.21. The number of hydrogen-bond acceptors (Lipinski definition) is 1. The van der Waals surface area contributed by atoms with Gasteiger partial charge in [0.1, 0.15) is 0 Å². The largest absolute Gasteiger partial charge is 0.316 e. The molecule has 0 radical (unpaired) electrons. The summed E-state index contributed by atoms with van der Waals surface area (Å²) in [6, 6.07) is 17.4. The zero-order valence-corrected chi connectivity index (χ0v) is 13.8. The molecule has 0 aliphatic rings. The molecule has 0 amide bonds. The second kappa shape index (κ2) is 7.61. The second-order valence-corrected chi connectivity index (χ2v) is 6.07. The molecule has 1 atom stereocenters. The Balaban J connectivity index is 2.19. The van der Waals surface area contributed by atoms with E-state index >= 15 is 0 Å². The van der Waals surface area contributed by atoms with Crippen molar-refractivity contribution in [3.63, 3.8) is 0 Å². The van der Waals surface area contributed by atoms with Crippen molar-refractivity contribution in [1.82, 2.24) is 5.32 Å². The average molecular weight is 332 g/mol.